The smallest absolute Gasteiger partial charge is 0.251 e. The summed E-state index contributed by atoms with van der Waals surface area (Å²) in [6.07, 6.45) is 3.39. The van der Waals surface area contributed by atoms with Crippen molar-refractivity contribution < 1.29 is 4.79 Å². The van der Waals surface area contributed by atoms with Gasteiger partial charge < -0.3 is 5.32 Å². The molecule has 106 valence electrons. The van der Waals surface area contributed by atoms with E-state index in [-0.39, 0.29) is 5.91 Å². The lowest BCUT2D eigenvalue weighted by Crippen LogP contribution is -2.29. The van der Waals surface area contributed by atoms with Gasteiger partial charge in [-0.1, -0.05) is 61.1 Å². The highest BCUT2D eigenvalue weighted by atomic mass is 79.9. The summed E-state index contributed by atoms with van der Waals surface area (Å²) in [7, 11) is 0. The predicted octanol–water partition coefficient (Wildman–Crippen LogP) is 5.14. The molecule has 1 amide bonds. The fourth-order valence-electron chi connectivity index (χ4n) is 1.94. The number of halogens is 3. The minimum atomic E-state index is -0.0160. The van der Waals surface area contributed by atoms with E-state index >= 15 is 0 Å². The summed E-state index contributed by atoms with van der Waals surface area (Å²) in [5.74, 6) is 0.529. The van der Waals surface area contributed by atoms with Crippen LogP contribution < -0.4 is 5.32 Å². The van der Waals surface area contributed by atoms with Crippen LogP contribution in [0.15, 0.2) is 27.1 Å². The minimum absolute atomic E-state index is 0.0160. The van der Waals surface area contributed by atoms with Crippen LogP contribution in [0.1, 0.15) is 36.5 Å². The van der Waals surface area contributed by atoms with Crippen molar-refractivity contribution in [2.75, 3.05) is 11.9 Å². The topological polar surface area (TPSA) is 29.1 Å². The second-order valence-electron chi connectivity index (χ2n) is 4.50. The molecule has 0 fully saturated rings. The first-order valence-electron chi connectivity index (χ1n) is 6.37. The van der Waals surface area contributed by atoms with E-state index in [9.17, 15) is 4.79 Å². The van der Waals surface area contributed by atoms with Crippen LogP contribution in [-0.2, 0) is 0 Å². The fraction of sp³-hybridized carbons (Fsp3) is 0.500. The number of hydrogen-bond donors (Lipinski definition) is 1. The Morgan fingerprint density at radius 2 is 1.84 bits per heavy atom. The molecule has 1 aromatic rings. The van der Waals surface area contributed by atoms with E-state index in [0.717, 1.165) is 40.1 Å². The number of nitrogens with one attached hydrogen (secondary N) is 1. The lowest BCUT2D eigenvalue weighted by atomic mass is 10.0. The minimum Gasteiger partial charge on any atom is -0.352 e. The van der Waals surface area contributed by atoms with Gasteiger partial charge in [-0.15, -0.1) is 0 Å². The zero-order chi connectivity index (χ0) is 14.3. The van der Waals surface area contributed by atoms with Gasteiger partial charge in [0.1, 0.15) is 0 Å². The van der Waals surface area contributed by atoms with E-state index in [2.05, 4.69) is 60.0 Å². The summed E-state index contributed by atoms with van der Waals surface area (Å²) in [5, 5.41) is 4.00. The van der Waals surface area contributed by atoms with Gasteiger partial charge in [0, 0.05) is 26.4 Å². The second kappa shape index (κ2) is 9.14. The van der Waals surface area contributed by atoms with Gasteiger partial charge in [0.2, 0.25) is 0 Å². The third-order valence-corrected chi connectivity index (χ3v) is 4.26. The van der Waals surface area contributed by atoms with Crippen molar-refractivity contribution in [1.29, 1.82) is 0 Å². The van der Waals surface area contributed by atoms with Crippen molar-refractivity contribution in [1.82, 2.24) is 5.32 Å². The van der Waals surface area contributed by atoms with Crippen molar-refractivity contribution in [3.8, 4) is 0 Å². The van der Waals surface area contributed by atoms with Gasteiger partial charge in [0.05, 0.1) is 0 Å². The van der Waals surface area contributed by atoms with Crippen LogP contribution in [0.25, 0.3) is 0 Å². The van der Waals surface area contributed by atoms with Gasteiger partial charge in [-0.05, 0) is 37.0 Å². The molecule has 1 atom stereocenters. The highest BCUT2D eigenvalue weighted by Crippen LogP contribution is 2.20. The molecule has 2 nitrogen and oxygen atoms in total. The van der Waals surface area contributed by atoms with Crippen LogP contribution in [0.5, 0.6) is 0 Å². The zero-order valence-corrected chi connectivity index (χ0v) is 15.6. The van der Waals surface area contributed by atoms with Gasteiger partial charge in [-0.25, -0.2) is 0 Å². The largest absolute Gasteiger partial charge is 0.352 e. The van der Waals surface area contributed by atoms with Crippen molar-refractivity contribution in [2.45, 2.75) is 26.2 Å². The molecule has 0 aliphatic rings. The lowest BCUT2D eigenvalue weighted by molar-refractivity contribution is 0.0946. The molecule has 0 heterocycles. The molecule has 1 unspecified atom stereocenters. The number of carbonyl (C=O) groups is 1. The number of benzene rings is 1. The molecule has 1 rings (SSSR count). The Labute approximate surface area is 140 Å². The molecule has 5 heteroatoms. The molecule has 0 bridgehead atoms. The Kier molecular flexibility index (Phi) is 8.26. The van der Waals surface area contributed by atoms with Gasteiger partial charge in [0.15, 0.2) is 0 Å². The van der Waals surface area contributed by atoms with E-state index in [1.807, 2.05) is 18.2 Å². The van der Waals surface area contributed by atoms with Crippen LogP contribution in [0, 0.1) is 5.92 Å². The third-order valence-electron chi connectivity index (χ3n) is 2.89. The molecule has 0 spiro atoms. The summed E-state index contributed by atoms with van der Waals surface area (Å²) in [5.41, 5.74) is 0.676. The van der Waals surface area contributed by atoms with Crippen LogP contribution in [0.4, 0.5) is 0 Å². The summed E-state index contributed by atoms with van der Waals surface area (Å²) < 4.78 is 1.80. The van der Waals surface area contributed by atoms with Gasteiger partial charge >= 0.3 is 0 Å². The molecular weight excluding hydrogens is 438 g/mol. The second-order valence-corrected chi connectivity index (χ2v) is 7.12. The zero-order valence-electron chi connectivity index (χ0n) is 10.9. The Morgan fingerprint density at radius 1 is 1.21 bits per heavy atom. The maximum Gasteiger partial charge on any atom is 0.251 e. The van der Waals surface area contributed by atoms with Crippen LogP contribution in [0.3, 0.4) is 0 Å². The van der Waals surface area contributed by atoms with Crippen LogP contribution >= 0.6 is 47.8 Å². The number of carbonyl (C=O) groups excluding carboxylic acids is 1. The average molecular weight is 456 g/mol. The molecule has 19 heavy (non-hydrogen) atoms. The normalized spacial score (nSPS) is 12.2. The van der Waals surface area contributed by atoms with Crippen molar-refractivity contribution in [3.05, 3.63) is 32.7 Å². The molecule has 0 aliphatic carbocycles. The fourth-order valence-corrected chi connectivity index (χ4v) is 3.88. The Balaban J connectivity index is 2.58. The number of amides is 1. The first kappa shape index (κ1) is 17.2. The molecule has 1 N–H and O–H groups in total. The van der Waals surface area contributed by atoms with E-state index in [1.165, 1.54) is 0 Å². The number of alkyl halides is 1. The standard InChI is InChI=1S/C14H18Br3NO/c1-2-3-10(4-5-15)9-18-14(19)11-6-12(16)8-13(17)7-11/h6-8,10H,2-5,9H2,1H3,(H,18,19). The summed E-state index contributed by atoms with van der Waals surface area (Å²) >= 11 is 10.3. The van der Waals surface area contributed by atoms with E-state index in [1.54, 1.807) is 0 Å². The van der Waals surface area contributed by atoms with Crippen molar-refractivity contribution >= 4 is 53.7 Å². The van der Waals surface area contributed by atoms with Gasteiger partial charge in [-0.3, -0.25) is 4.79 Å². The van der Waals surface area contributed by atoms with Crippen LogP contribution in [0.2, 0.25) is 0 Å². The lowest BCUT2D eigenvalue weighted by Gasteiger charge is -2.15. The number of rotatable bonds is 7. The highest BCUT2D eigenvalue weighted by Gasteiger charge is 2.11. The van der Waals surface area contributed by atoms with Gasteiger partial charge in [0.25, 0.3) is 5.91 Å². The molecule has 0 radical (unpaired) electrons. The SMILES string of the molecule is CCCC(CCBr)CNC(=O)c1cc(Br)cc(Br)c1. The monoisotopic (exact) mass is 453 g/mol. The average Bonchev–Trinajstić information content (AvgIpc) is 2.35. The molecular formula is C14H18Br3NO. The maximum absolute atomic E-state index is 12.1. The summed E-state index contributed by atoms with van der Waals surface area (Å²) in [6.45, 7) is 2.91. The number of hydrogen-bond acceptors (Lipinski definition) is 1. The van der Waals surface area contributed by atoms with Gasteiger partial charge in [-0.2, -0.15) is 0 Å². The summed E-state index contributed by atoms with van der Waals surface area (Å²) in [6, 6.07) is 5.58. The first-order chi connectivity index (χ1) is 9.06. The van der Waals surface area contributed by atoms with Crippen molar-refractivity contribution in [3.63, 3.8) is 0 Å². The first-order valence-corrected chi connectivity index (χ1v) is 9.07. The Morgan fingerprint density at radius 3 is 2.37 bits per heavy atom. The van der Waals surface area contributed by atoms with E-state index in [0.29, 0.717) is 11.5 Å². The molecule has 0 saturated carbocycles. The third kappa shape index (κ3) is 6.41. The Bertz CT molecular complexity index is 397. The van der Waals surface area contributed by atoms with E-state index in [4.69, 9.17) is 0 Å². The molecule has 0 aromatic heterocycles. The summed E-state index contributed by atoms with van der Waals surface area (Å²) in [4.78, 5) is 12.1. The highest BCUT2D eigenvalue weighted by molar-refractivity contribution is 9.11. The molecule has 0 saturated heterocycles. The molecule has 0 aliphatic heterocycles. The maximum atomic E-state index is 12.1. The van der Waals surface area contributed by atoms with E-state index < -0.39 is 0 Å². The van der Waals surface area contributed by atoms with Crippen molar-refractivity contribution in [2.24, 2.45) is 5.92 Å². The molecule has 1 aromatic carbocycles. The van der Waals surface area contributed by atoms with Crippen LogP contribution in [-0.4, -0.2) is 17.8 Å². The quantitative estimate of drug-likeness (QED) is 0.566. The Hall–Kier alpha value is 0.130. The predicted molar refractivity (Wildman–Crippen MR) is 91.0 cm³/mol.